The molecule has 0 saturated heterocycles. The van der Waals surface area contributed by atoms with Crippen molar-refractivity contribution in [2.24, 2.45) is 0 Å². The summed E-state index contributed by atoms with van der Waals surface area (Å²) in [4.78, 5) is 0. The Hall–Kier alpha value is 0.248. The van der Waals surface area contributed by atoms with Gasteiger partial charge in [-0.1, -0.05) is 242 Å². The number of rotatable bonds is 27. The van der Waals surface area contributed by atoms with Gasteiger partial charge in [0.1, 0.15) is 0 Å². The Kier molecular flexibility index (Phi) is 18.7. The summed E-state index contributed by atoms with van der Waals surface area (Å²) in [6.07, 6.45) is 33.6. The second-order valence-electron chi connectivity index (χ2n) is 22.4. The van der Waals surface area contributed by atoms with E-state index in [1.807, 2.05) is 0 Å². The van der Waals surface area contributed by atoms with Crippen LogP contribution >= 0.6 is 11.1 Å². The van der Waals surface area contributed by atoms with Crippen LogP contribution in [0.2, 0.25) is 151 Å². The zero-order chi connectivity index (χ0) is 39.4. The third kappa shape index (κ3) is 17.3. The Morgan fingerprint density at radius 3 is 0.792 bits per heavy atom. The van der Waals surface area contributed by atoms with Crippen molar-refractivity contribution < 1.29 is 0 Å². The van der Waals surface area contributed by atoms with E-state index in [1.54, 1.807) is 15.6 Å². The van der Waals surface area contributed by atoms with E-state index in [9.17, 15) is 0 Å². The van der Waals surface area contributed by atoms with E-state index < -0.39 is 55.8 Å². The zero-order valence-electron chi connectivity index (χ0n) is 37.4. The van der Waals surface area contributed by atoms with Crippen molar-refractivity contribution in [3.05, 3.63) is 70.3 Å². The minimum Gasteiger partial charge on any atom is -0.167 e. The zero-order valence-corrected chi connectivity index (χ0v) is 45.2. The van der Waals surface area contributed by atoms with E-state index in [0.29, 0.717) is 0 Å². The lowest BCUT2D eigenvalue weighted by Gasteiger charge is -2.32. The second kappa shape index (κ2) is 20.8. The van der Waals surface area contributed by atoms with Gasteiger partial charge in [0.2, 0.25) is 0 Å². The Bertz CT molecular complexity index is 1180. The third-order valence-corrected chi connectivity index (χ3v) is 41.2. The molecule has 0 aromatic rings. The van der Waals surface area contributed by atoms with Crippen LogP contribution in [0.5, 0.6) is 0 Å². The third-order valence-electron chi connectivity index (χ3n) is 14.3. The van der Waals surface area contributed by atoms with Crippen LogP contribution in [-0.4, -0.2) is 55.8 Å². The van der Waals surface area contributed by atoms with Crippen molar-refractivity contribution in [1.82, 2.24) is 0 Å². The van der Waals surface area contributed by atoms with Gasteiger partial charge >= 0.3 is 0 Å². The highest BCUT2D eigenvalue weighted by molar-refractivity contribution is 7.20. The maximum Gasteiger partial charge on any atom is 0.156 e. The molecular weight excluding hydrogens is 773 g/mol. The van der Waals surface area contributed by atoms with Crippen LogP contribution in [0.1, 0.15) is 57.8 Å². The normalized spacial score (nSPS) is 17.3. The van der Waals surface area contributed by atoms with Gasteiger partial charge in [-0.3, -0.25) is 0 Å². The molecule has 0 atom stereocenters. The number of allylic oxidation sites excluding steroid dienone is 12. The summed E-state index contributed by atoms with van der Waals surface area (Å²) in [5, 5.41) is 5.34. The number of hydrogen-bond donors (Lipinski definition) is 0. The predicted molar refractivity (Wildman–Crippen MR) is 267 cm³/mol. The highest BCUT2D eigenvalue weighted by Crippen LogP contribution is 2.39. The lowest BCUT2D eigenvalue weighted by molar-refractivity contribution is 0.901. The maximum atomic E-state index is 8.00. The minimum absolute atomic E-state index is 1.19. The summed E-state index contributed by atoms with van der Waals surface area (Å²) >= 11 is 8.00. The molecule has 0 nitrogen and oxygen atoms in total. The Morgan fingerprint density at radius 1 is 0.358 bits per heavy atom. The van der Waals surface area contributed by atoms with E-state index in [1.165, 1.54) is 130 Å². The average molecular weight is 860 g/mol. The van der Waals surface area contributed by atoms with Crippen molar-refractivity contribution in [2.45, 2.75) is 209 Å². The van der Waals surface area contributed by atoms with Crippen LogP contribution in [0.25, 0.3) is 0 Å². The first-order valence-corrected chi connectivity index (χ1v) is 45.8. The molecule has 0 unspecified atom stereocenters. The smallest absolute Gasteiger partial charge is 0.156 e. The van der Waals surface area contributed by atoms with Crippen LogP contribution < -0.4 is 0 Å². The molecule has 0 saturated carbocycles. The van der Waals surface area contributed by atoms with E-state index in [0.717, 1.165) is 0 Å². The molecule has 0 radical (unpaired) electrons. The van der Waals surface area contributed by atoms with E-state index in [-0.39, 0.29) is 0 Å². The van der Waals surface area contributed by atoms with Crippen LogP contribution in [0.15, 0.2) is 70.3 Å². The summed E-state index contributed by atoms with van der Waals surface area (Å²) in [7, 11) is -9.04. The van der Waals surface area contributed by atoms with Crippen molar-refractivity contribution in [2.75, 3.05) is 0 Å². The Labute approximate surface area is 343 Å². The Balaban J connectivity index is 1.51. The molecule has 3 aliphatic carbocycles. The quantitative estimate of drug-likeness (QED) is 0.0570. The van der Waals surface area contributed by atoms with Gasteiger partial charge in [-0.15, -0.1) is 0 Å². The molecule has 3 rings (SSSR count). The molecule has 0 fully saturated rings. The molecular formula is C45H87ClSi7. The van der Waals surface area contributed by atoms with Gasteiger partial charge in [-0.25, -0.2) is 0 Å². The van der Waals surface area contributed by atoms with Gasteiger partial charge in [0.15, 0.2) is 7.38 Å². The lowest BCUT2D eigenvalue weighted by Crippen LogP contribution is -2.33. The number of hydrogen-bond acceptors (Lipinski definition) is 0. The highest BCUT2D eigenvalue weighted by Gasteiger charge is 2.35. The van der Waals surface area contributed by atoms with Crippen LogP contribution in [0.3, 0.4) is 0 Å². The summed E-state index contributed by atoms with van der Waals surface area (Å²) in [5.74, 6) is 0. The molecule has 302 valence electrons. The molecule has 0 aromatic heterocycles. The molecule has 0 aliphatic heterocycles. The highest BCUT2D eigenvalue weighted by atomic mass is 35.6. The molecule has 53 heavy (non-hydrogen) atoms. The molecule has 0 N–H and O–H groups in total. The van der Waals surface area contributed by atoms with Crippen molar-refractivity contribution in [3.63, 3.8) is 0 Å². The first-order chi connectivity index (χ1) is 24.6. The van der Waals surface area contributed by atoms with Crippen molar-refractivity contribution >= 4 is 66.9 Å². The molecule has 0 amide bonds. The summed E-state index contributed by atoms with van der Waals surface area (Å²) in [6, 6.07) is 17.6. The predicted octanol–water partition coefficient (Wildman–Crippen LogP) is 17.0. The van der Waals surface area contributed by atoms with E-state index >= 15 is 0 Å². The van der Waals surface area contributed by atoms with Crippen LogP contribution in [0.4, 0.5) is 0 Å². The van der Waals surface area contributed by atoms with Gasteiger partial charge in [0, 0.05) is 24.2 Å². The van der Waals surface area contributed by atoms with Crippen LogP contribution in [-0.2, 0) is 0 Å². The first kappa shape index (κ1) is 47.6. The summed E-state index contributed by atoms with van der Waals surface area (Å²) < 4.78 is 0. The van der Waals surface area contributed by atoms with E-state index in [4.69, 9.17) is 11.1 Å². The van der Waals surface area contributed by atoms with Gasteiger partial charge in [0.25, 0.3) is 0 Å². The van der Waals surface area contributed by atoms with Gasteiger partial charge in [-0.05, 0) is 37.4 Å². The monoisotopic (exact) mass is 858 g/mol. The van der Waals surface area contributed by atoms with Gasteiger partial charge in [0.05, 0.1) is 24.2 Å². The standard InChI is InChI=1S/C45H87ClSi7/c1-47(2,31-19-37-50(7,8)43-25-13-14-26-43)34-22-40-53(46,41-23-35-48(3,4)32-20-38-51(9,10)44-27-15-16-28-44)42-24-36-49(5,6)33-21-39-52(11,12)45-29-17-18-30-45/h13-18,25,27,29H,19-24,26,28,30-42H2,1-12H3. The molecule has 3 aliphatic rings. The fourth-order valence-corrected chi connectivity index (χ4v) is 31.6. The van der Waals surface area contributed by atoms with Crippen LogP contribution in [0, 0.1) is 0 Å². The molecule has 0 spiro atoms. The number of halogens is 1. The summed E-state index contributed by atoms with van der Waals surface area (Å²) in [6.45, 7) is 31.9. The van der Waals surface area contributed by atoms with E-state index in [2.05, 4.69) is 133 Å². The molecule has 0 bridgehead atoms. The van der Waals surface area contributed by atoms with Crippen molar-refractivity contribution in [3.8, 4) is 0 Å². The Morgan fingerprint density at radius 2 is 0.585 bits per heavy atom. The molecule has 0 aromatic carbocycles. The van der Waals surface area contributed by atoms with Gasteiger partial charge < -0.3 is 0 Å². The SMILES string of the molecule is C[Si](C)(CCC[Si](Cl)(CCC[Si](C)(C)CCC[Si](C)(C)C1=CC=CC1)CCC[Si](C)(C)CCC[Si](C)(C)C1=CC=CC1)CCC[Si](C)(C)C1=CC=CC1. The fourth-order valence-electron chi connectivity index (χ4n) is 9.76. The average Bonchev–Trinajstić information content (AvgIpc) is 3.85. The first-order valence-electron chi connectivity index (χ1n) is 22.3. The van der Waals surface area contributed by atoms with Gasteiger partial charge in [-0.2, -0.15) is 11.1 Å². The second-order valence-corrected chi connectivity index (χ2v) is 59.3. The fraction of sp³-hybridized carbons (Fsp3) is 0.733. The summed E-state index contributed by atoms with van der Waals surface area (Å²) in [5.41, 5.74) is 0. The maximum absolute atomic E-state index is 8.00. The minimum atomic E-state index is -1.77. The topological polar surface area (TPSA) is 0 Å². The molecule has 0 heterocycles. The largest absolute Gasteiger partial charge is 0.167 e. The molecule has 8 heteroatoms. The lowest BCUT2D eigenvalue weighted by atomic mass is 10.5. The van der Waals surface area contributed by atoms with Crippen molar-refractivity contribution in [1.29, 1.82) is 0 Å².